The molecule has 0 spiro atoms. The van der Waals surface area contributed by atoms with Crippen molar-refractivity contribution in [3.63, 3.8) is 0 Å². The molecule has 1 rings (SSSR count). The Hall–Kier alpha value is -1.20. The van der Waals surface area contributed by atoms with Gasteiger partial charge in [0.25, 0.3) is 0 Å². The molecule has 92 valence electrons. The van der Waals surface area contributed by atoms with E-state index in [1.165, 1.54) is 11.8 Å². The zero-order valence-electron chi connectivity index (χ0n) is 9.42. The number of hydrogen-bond donors (Lipinski definition) is 3. The van der Waals surface area contributed by atoms with E-state index in [-0.39, 0.29) is 11.7 Å². The summed E-state index contributed by atoms with van der Waals surface area (Å²) < 4.78 is 0. The van der Waals surface area contributed by atoms with Gasteiger partial charge in [-0.1, -0.05) is 11.6 Å². The number of benzene rings is 1. The van der Waals surface area contributed by atoms with Crippen molar-refractivity contribution in [2.45, 2.75) is 11.8 Å². The van der Waals surface area contributed by atoms with Crippen LogP contribution in [0.1, 0.15) is 12.5 Å². The van der Waals surface area contributed by atoms with E-state index in [4.69, 9.17) is 22.7 Å². The lowest BCUT2D eigenvalue weighted by Crippen LogP contribution is -2.24. The van der Waals surface area contributed by atoms with Crippen LogP contribution in [0.4, 0.5) is 0 Å². The second kappa shape index (κ2) is 6.51. The second-order valence-electron chi connectivity index (χ2n) is 3.30. The molecule has 0 saturated heterocycles. The van der Waals surface area contributed by atoms with Crippen LogP contribution in [0, 0.1) is 5.41 Å². The molecule has 0 radical (unpaired) electrons. The molecule has 0 aliphatic carbocycles. The highest BCUT2D eigenvalue weighted by Crippen LogP contribution is 2.24. The van der Waals surface area contributed by atoms with E-state index >= 15 is 0 Å². The summed E-state index contributed by atoms with van der Waals surface area (Å²) in [5.41, 5.74) is 5.86. The fourth-order valence-corrected chi connectivity index (χ4v) is 2.31. The number of carbonyl (C=O) groups excluding carboxylic acids is 1. The van der Waals surface area contributed by atoms with Crippen molar-refractivity contribution < 1.29 is 4.79 Å². The zero-order chi connectivity index (χ0) is 12.8. The number of hydrogen-bond acceptors (Lipinski definition) is 3. The lowest BCUT2D eigenvalue weighted by Gasteiger charge is -2.05. The number of thioether (sulfide) groups is 1. The molecular weight excluding hydrogens is 258 g/mol. The van der Waals surface area contributed by atoms with Crippen LogP contribution in [0.25, 0.3) is 0 Å². The average molecular weight is 272 g/mol. The van der Waals surface area contributed by atoms with E-state index in [0.717, 1.165) is 4.90 Å². The van der Waals surface area contributed by atoms with Crippen molar-refractivity contribution in [2.75, 3.05) is 12.3 Å². The second-order valence-corrected chi connectivity index (χ2v) is 4.75. The number of amidine groups is 1. The smallest absolute Gasteiger partial charge is 0.230 e. The van der Waals surface area contributed by atoms with Crippen LogP contribution in [0.3, 0.4) is 0 Å². The number of halogens is 1. The van der Waals surface area contributed by atoms with E-state index in [1.54, 1.807) is 18.2 Å². The van der Waals surface area contributed by atoms with Crippen molar-refractivity contribution in [1.29, 1.82) is 5.41 Å². The summed E-state index contributed by atoms with van der Waals surface area (Å²) in [7, 11) is 0. The summed E-state index contributed by atoms with van der Waals surface area (Å²) in [6.07, 6.45) is 0. The minimum atomic E-state index is -0.0599. The van der Waals surface area contributed by atoms with Gasteiger partial charge < -0.3 is 11.1 Å². The SMILES string of the molecule is CCNC(=O)CSc1ccc(C(=N)N)c(Cl)c1. The number of nitrogens with one attached hydrogen (secondary N) is 2. The molecular formula is C11H14ClN3OS. The molecule has 4 N–H and O–H groups in total. The molecule has 0 unspecified atom stereocenters. The Bertz CT molecular complexity index is 437. The number of carbonyl (C=O) groups is 1. The first-order valence-corrected chi connectivity index (χ1v) is 6.44. The Morgan fingerprint density at radius 2 is 2.29 bits per heavy atom. The van der Waals surface area contributed by atoms with E-state index in [0.29, 0.717) is 22.9 Å². The molecule has 1 aromatic rings. The maximum Gasteiger partial charge on any atom is 0.230 e. The topological polar surface area (TPSA) is 79.0 Å². The average Bonchev–Trinajstić information content (AvgIpc) is 2.26. The first-order valence-electron chi connectivity index (χ1n) is 5.08. The predicted octanol–water partition coefficient (Wildman–Crippen LogP) is 1.85. The Morgan fingerprint density at radius 1 is 1.59 bits per heavy atom. The predicted molar refractivity (Wildman–Crippen MR) is 71.9 cm³/mol. The van der Waals surface area contributed by atoms with E-state index in [9.17, 15) is 4.79 Å². The third-order valence-electron chi connectivity index (χ3n) is 1.97. The van der Waals surface area contributed by atoms with Gasteiger partial charge in [0.1, 0.15) is 5.84 Å². The molecule has 1 amide bonds. The molecule has 0 atom stereocenters. The van der Waals surface area contributed by atoms with Gasteiger partial charge in [0, 0.05) is 17.0 Å². The van der Waals surface area contributed by atoms with E-state index in [2.05, 4.69) is 5.32 Å². The van der Waals surface area contributed by atoms with Crippen LogP contribution in [-0.4, -0.2) is 24.0 Å². The molecule has 17 heavy (non-hydrogen) atoms. The van der Waals surface area contributed by atoms with Crippen molar-refractivity contribution >= 4 is 35.1 Å². The highest BCUT2D eigenvalue weighted by atomic mass is 35.5. The van der Waals surface area contributed by atoms with Gasteiger partial charge >= 0.3 is 0 Å². The number of nitrogen functional groups attached to an aromatic ring is 1. The molecule has 0 aliphatic heterocycles. The quantitative estimate of drug-likeness (QED) is 0.434. The fourth-order valence-electron chi connectivity index (χ4n) is 1.20. The summed E-state index contributed by atoms with van der Waals surface area (Å²) in [6, 6.07) is 5.19. The molecule has 0 aliphatic rings. The summed E-state index contributed by atoms with van der Waals surface area (Å²) in [6.45, 7) is 2.50. The van der Waals surface area contributed by atoms with Crippen molar-refractivity contribution in [2.24, 2.45) is 5.73 Å². The maximum atomic E-state index is 11.3. The lowest BCUT2D eigenvalue weighted by atomic mass is 10.2. The molecule has 1 aromatic carbocycles. The van der Waals surface area contributed by atoms with Gasteiger partial charge in [-0.2, -0.15) is 0 Å². The third kappa shape index (κ3) is 4.28. The largest absolute Gasteiger partial charge is 0.384 e. The molecule has 0 fully saturated rings. The Balaban J connectivity index is 2.65. The monoisotopic (exact) mass is 271 g/mol. The van der Waals surface area contributed by atoms with Crippen molar-refractivity contribution in [3.8, 4) is 0 Å². The number of rotatable bonds is 5. The lowest BCUT2D eigenvalue weighted by molar-refractivity contribution is -0.118. The highest BCUT2D eigenvalue weighted by molar-refractivity contribution is 8.00. The van der Waals surface area contributed by atoms with Gasteiger partial charge in [-0.15, -0.1) is 11.8 Å². The van der Waals surface area contributed by atoms with Gasteiger partial charge in [-0.05, 0) is 25.1 Å². The van der Waals surface area contributed by atoms with Crippen LogP contribution < -0.4 is 11.1 Å². The Morgan fingerprint density at radius 3 is 2.82 bits per heavy atom. The van der Waals surface area contributed by atoms with E-state index in [1.807, 2.05) is 6.92 Å². The first-order chi connectivity index (χ1) is 8.04. The molecule has 4 nitrogen and oxygen atoms in total. The van der Waals surface area contributed by atoms with Crippen LogP contribution in [0.15, 0.2) is 23.1 Å². The minimum Gasteiger partial charge on any atom is -0.384 e. The van der Waals surface area contributed by atoms with Crippen LogP contribution in [0.2, 0.25) is 5.02 Å². The number of nitrogens with two attached hydrogens (primary N) is 1. The van der Waals surface area contributed by atoms with Crippen molar-refractivity contribution in [1.82, 2.24) is 5.32 Å². The number of amides is 1. The molecule has 0 aromatic heterocycles. The van der Waals surface area contributed by atoms with Gasteiger partial charge in [0.15, 0.2) is 0 Å². The normalized spacial score (nSPS) is 10.0. The van der Waals surface area contributed by atoms with Crippen LogP contribution >= 0.6 is 23.4 Å². The van der Waals surface area contributed by atoms with E-state index < -0.39 is 0 Å². The van der Waals surface area contributed by atoms with Crippen molar-refractivity contribution in [3.05, 3.63) is 28.8 Å². The van der Waals surface area contributed by atoms with Gasteiger partial charge in [-0.3, -0.25) is 10.2 Å². The van der Waals surface area contributed by atoms with Crippen LogP contribution in [0.5, 0.6) is 0 Å². The van der Waals surface area contributed by atoms with Crippen LogP contribution in [-0.2, 0) is 4.79 Å². The first kappa shape index (κ1) is 13.9. The van der Waals surface area contributed by atoms with Gasteiger partial charge in [-0.25, -0.2) is 0 Å². The zero-order valence-corrected chi connectivity index (χ0v) is 11.0. The third-order valence-corrected chi connectivity index (χ3v) is 3.28. The highest BCUT2D eigenvalue weighted by Gasteiger charge is 2.06. The Kier molecular flexibility index (Phi) is 5.31. The van der Waals surface area contributed by atoms with Gasteiger partial charge in [0.2, 0.25) is 5.91 Å². The fraction of sp³-hybridized carbons (Fsp3) is 0.273. The minimum absolute atomic E-state index is 0.00994. The Labute approximate surface area is 109 Å². The molecule has 0 bridgehead atoms. The standard InChI is InChI=1S/C11H14ClN3OS/c1-2-15-10(16)6-17-7-3-4-8(11(13)14)9(12)5-7/h3-5H,2,6H2,1H3,(H3,13,14)(H,15,16). The summed E-state index contributed by atoms with van der Waals surface area (Å²) in [5, 5.41) is 10.4. The van der Waals surface area contributed by atoms with Gasteiger partial charge in [0.05, 0.1) is 10.8 Å². The molecule has 0 heterocycles. The summed E-state index contributed by atoms with van der Waals surface area (Å²) in [4.78, 5) is 12.1. The molecule has 0 saturated carbocycles. The molecule has 6 heteroatoms. The summed E-state index contributed by atoms with van der Waals surface area (Å²) in [5.74, 6) is 0.281. The maximum absolute atomic E-state index is 11.3. The summed E-state index contributed by atoms with van der Waals surface area (Å²) >= 11 is 7.36.